The van der Waals surface area contributed by atoms with Gasteiger partial charge in [0, 0.05) is 55.0 Å². The molecule has 12 nitrogen and oxygen atoms in total. The van der Waals surface area contributed by atoms with Crippen molar-refractivity contribution in [2.24, 2.45) is 5.10 Å². The Kier molecular flexibility index (Phi) is 7.64. The molecule has 1 saturated heterocycles. The van der Waals surface area contributed by atoms with Crippen LogP contribution < -0.4 is 4.74 Å². The van der Waals surface area contributed by atoms with Crippen molar-refractivity contribution < 1.29 is 22.8 Å². The van der Waals surface area contributed by atoms with Crippen LogP contribution in [0.2, 0.25) is 0 Å². The molecule has 4 rings (SSSR count). The molecule has 0 amide bonds. The normalized spacial score (nSPS) is 15.0. The first kappa shape index (κ1) is 25.0. The van der Waals surface area contributed by atoms with Crippen LogP contribution in [0.1, 0.15) is 5.56 Å². The number of rotatable bonds is 9. The number of halogens is 1. The predicted molar refractivity (Wildman–Crippen MR) is 131 cm³/mol. The van der Waals surface area contributed by atoms with E-state index in [4.69, 9.17) is 9.47 Å². The van der Waals surface area contributed by atoms with E-state index in [0.29, 0.717) is 25.3 Å². The third-order valence-corrected chi connectivity index (χ3v) is 7.56. The quantitative estimate of drug-likeness (QED) is 0.219. The van der Waals surface area contributed by atoms with Gasteiger partial charge in [-0.3, -0.25) is 15.0 Å². The average molecular weight is 567 g/mol. The molecule has 3 aromatic rings. The number of hydrogen-bond donors (Lipinski definition) is 0. The Morgan fingerprint density at radius 3 is 2.83 bits per heavy atom. The molecule has 186 valence electrons. The maximum atomic E-state index is 13.3. The van der Waals surface area contributed by atoms with Gasteiger partial charge in [0.15, 0.2) is 0 Å². The van der Waals surface area contributed by atoms with Crippen molar-refractivity contribution in [2.75, 3.05) is 46.5 Å². The summed E-state index contributed by atoms with van der Waals surface area (Å²) in [4.78, 5) is 12.4. The second-order valence-corrected chi connectivity index (χ2v) is 10.5. The first-order valence-corrected chi connectivity index (χ1v) is 12.9. The van der Waals surface area contributed by atoms with Crippen LogP contribution in [0, 0.1) is 10.1 Å². The van der Waals surface area contributed by atoms with Crippen molar-refractivity contribution in [1.29, 1.82) is 0 Å². The number of hydrogen-bond acceptors (Lipinski definition) is 9. The fourth-order valence-electron chi connectivity index (χ4n) is 3.46. The van der Waals surface area contributed by atoms with Gasteiger partial charge in [0.1, 0.15) is 17.3 Å². The van der Waals surface area contributed by atoms with Crippen molar-refractivity contribution in [2.45, 2.75) is 4.90 Å². The summed E-state index contributed by atoms with van der Waals surface area (Å²) in [6.45, 7) is 3.55. The van der Waals surface area contributed by atoms with Crippen LogP contribution in [-0.2, 0) is 14.8 Å². The molecule has 14 heteroatoms. The molecule has 0 unspecified atom stereocenters. The number of fused-ring (bicyclic) bond motifs is 1. The van der Waals surface area contributed by atoms with Crippen LogP contribution in [-0.4, -0.2) is 85.0 Å². The van der Waals surface area contributed by atoms with Gasteiger partial charge in [-0.15, -0.1) is 0 Å². The van der Waals surface area contributed by atoms with Gasteiger partial charge >= 0.3 is 0 Å². The number of hydrazone groups is 1. The fourth-order valence-corrected chi connectivity index (χ4v) is 4.90. The van der Waals surface area contributed by atoms with Crippen molar-refractivity contribution >= 4 is 43.4 Å². The lowest BCUT2D eigenvalue weighted by Gasteiger charge is -2.26. The second kappa shape index (κ2) is 10.7. The highest BCUT2D eigenvalue weighted by Crippen LogP contribution is 2.30. The summed E-state index contributed by atoms with van der Waals surface area (Å²) in [6, 6.07) is 7.13. The summed E-state index contributed by atoms with van der Waals surface area (Å²) in [7, 11) is -3.01. The van der Waals surface area contributed by atoms with E-state index in [9.17, 15) is 18.5 Å². The maximum absolute atomic E-state index is 13.3. The molecule has 1 aliphatic heterocycles. The molecule has 35 heavy (non-hydrogen) atoms. The first-order valence-electron chi connectivity index (χ1n) is 10.6. The maximum Gasteiger partial charge on any atom is 0.282 e. The van der Waals surface area contributed by atoms with Gasteiger partial charge in [0.05, 0.1) is 36.1 Å². The van der Waals surface area contributed by atoms with Crippen LogP contribution >= 0.6 is 15.9 Å². The van der Waals surface area contributed by atoms with Gasteiger partial charge in [0.2, 0.25) is 0 Å². The Labute approximate surface area is 210 Å². The van der Waals surface area contributed by atoms with Crippen LogP contribution in [0.25, 0.3) is 5.52 Å². The Morgan fingerprint density at radius 1 is 1.31 bits per heavy atom. The third kappa shape index (κ3) is 5.78. The molecule has 3 heterocycles. The molecule has 0 spiro atoms. The molecule has 0 bridgehead atoms. The number of non-ortho nitro benzene ring substituents is 1. The molecule has 0 atom stereocenters. The molecule has 0 saturated carbocycles. The lowest BCUT2D eigenvalue weighted by molar-refractivity contribution is -0.385. The van der Waals surface area contributed by atoms with Crippen LogP contribution in [0.15, 0.2) is 57.2 Å². The number of nitro benzene ring substituents is 1. The summed E-state index contributed by atoms with van der Waals surface area (Å²) in [5, 5.41) is 19.6. The molecule has 0 radical (unpaired) electrons. The third-order valence-electron chi connectivity index (χ3n) is 5.41. The lowest BCUT2D eigenvalue weighted by atomic mass is 10.3. The Hall–Kier alpha value is -3.07. The molecule has 1 fully saturated rings. The smallest absolute Gasteiger partial charge is 0.282 e. The molecule has 0 N–H and O–H groups in total. The van der Waals surface area contributed by atoms with Crippen molar-refractivity contribution in [3.63, 3.8) is 0 Å². The SMILES string of the molecule is CN(/N=C/c1cnn2ccc(Br)cc12)S(=O)(=O)c1cc([N+](=O)[O-])ccc1OCCN1CCOCC1. The number of pyridine rings is 1. The predicted octanol–water partition coefficient (Wildman–Crippen LogP) is 2.37. The lowest BCUT2D eigenvalue weighted by Crippen LogP contribution is -2.38. The van der Waals surface area contributed by atoms with Crippen molar-refractivity contribution in [3.8, 4) is 5.75 Å². The van der Waals surface area contributed by atoms with E-state index in [1.54, 1.807) is 16.9 Å². The highest BCUT2D eigenvalue weighted by atomic mass is 79.9. The van der Waals surface area contributed by atoms with Gasteiger partial charge in [-0.2, -0.15) is 23.0 Å². The Balaban J connectivity index is 1.57. The average Bonchev–Trinajstić information content (AvgIpc) is 3.25. The zero-order valence-electron chi connectivity index (χ0n) is 18.8. The largest absolute Gasteiger partial charge is 0.491 e. The van der Waals surface area contributed by atoms with E-state index >= 15 is 0 Å². The number of nitrogens with zero attached hydrogens (tertiary/aromatic N) is 6. The van der Waals surface area contributed by atoms with E-state index in [-0.39, 0.29) is 22.9 Å². The van der Waals surface area contributed by atoms with Crippen molar-refractivity contribution in [3.05, 3.63) is 62.9 Å². The number of sulfonamides is 1. The van der Waals surface area contributed by atoms with Crippen LogP contribution in [0.5, 0.6) is 5.75 Å². The number of aromatic nitrogens is 2. The summed E-state index contributed by atoms with van der Waals surface area (Å²) in [5.41, 5.74) is 0.944. The highest BCUT2D eigenvalue weighted by Gasteiger charge is 2.27. The molecular weight excluding hydrogens is 544 g/mol. The number of morpholine rings is 1. The van der Waals surface area contributed by atoms with Crippen LogP contribution in [0.4, 0.5) is 5.69 Å². The standard InChI is InChI=1S/C21H23BrN6O6S/c1-25(23-14-16-15-24-27-5-4-17(22)12-19(16)27)35(31,32)21-13-18(28(29)30)2-3-20(21)34-11-8-26-6-9-33-10-7-26/h2-5,12-15H,6-11H2,1H3/b23-14+. The zero-order chi connectivity index (χ0) is 25.0. The monoisotopic (exact) mass is 566 g/mol. The van der Waals surface area contributed by atoms with Gasteiger partial charge in [0.25, 0.3) is 15.7 Å². The highest BCUT2D eigenvalue weighted by molar-refractivity contribution is 9.10. The molecular formula is C21H23BrN6O6S. The summed E-state index contributed by atoms with van der Waals surface area (Å²) >= 11 is 3.40. The Bertz CT molecular complexity index is 1360. The molecule has 2 aromatic heterocycles. The summed E-state index contributed by atoms with van der Waals surface area (Å²) in [6.07, 6.45) is 4.67. The van der Waals surface area contributed by atoms with Gasteiger partial charge < -0.3 is 9.47 Å². The van der Waals surface area contributed by atoms with E-state index in [1.807, 2.05) is 12.1 Å². The first-order chi connectivity index (χ1) is 16.8. The van der Waals surface area contributed by atoms with E-state index in [1.165, 1.54) is 25.4 Å². The van der Waals surface area contributed by atoms with Gasteiger partial charge in [-0.05, 0) is 18.2 Å². The summed E-state index contributed by atoms with van der Waals surface area (Å²) in [5.74, 6) is 0.0193. The number of ether oxygens (including phenoxy) is 2. The minimum atomic E-state index is -4.26. The fraction of sp³-hybridized carbons (Fsp3) is 0.333. The topological polar surface area (TPSA) is 132 Å². The van der Waals surface area contributed by atoms with E-state index < -0.39 is 14.9 Å². The molecule has 0 aliphatic carbocycles. The number of benzene rings is 1. The van der Waals surface area contributed by atoms with Crippen LogP contribution in [0.3, 0.4) is 0 Å². The summed E-state index contributed by atoms with van der Waals surface area (Å²) < 4.78 is 40.9. The Morgan fingerprint density at radius 2 is 2.09 bits per heavy atom. The molecule has 1 aliphatic rings. The minimum absolute atomic E-state index is 0.0193. The van der Waals surface area contributed by atoms with E-state index in [2.05, 4.69) is 31.0 Å². The minimum Gasteiger partial charge on any atom is -0.491 e. The number of nitro groups is 1. The second-order valence-electron chi connectivity index (χ2n) is 7.65. The van der Waals surface area contributed by atoms with Gasteiger partial charge in [-0.25, -0.2) is 4.52 Å². The zero-order valence-corrected chi connectivity index (χ0v) is 21.2. The van der Waals surface area contributed by atoms with Gasteiger partial charge in [-0.1, -0.05) is 15.9 Å². The molecule has 1 aromatic carbocycles. The van der Waals surface area contributed by atoms with Crippen molar-refractivity contribution in [1.82, 2.24) is 18.9 Å². The van der Waals surface area contributed by atoms with E-state index in [0.717, 1.165) is 33.6 Å².